The van der Waals surface area contributed by atoms with Crippen LogP contribution in [0.3, 0.4) is 0 Å². The van der Waals surface area contributed by atoms with E-state index in [9.17, 15) is 4.79 Å². The molecular formula is C21H42O2. The Kier molecular flexibility index (Phi) is 14.7. The molecule has 0 fully saturated rings. The number of ether oxygens (including phenoxy) is 1. The normalized spacial score (nSPS) is 11.7. The second-order valence-electron chi connectivity index (χ2n) is 8.17. The van der Waals surface area contributed by atoms with Gasteiger partial charge in [0, 0.05) is 6.42 Å². The maximum Gasteiger partial charge on any atom is 0.305 e. The highest BCUT2D eigenvalue weighted by atomic mass is 16.5. The topological polar surface area (TPSA) is 26.3 Å². The maximum atomic E-state index is 11.4. The summed E-state index contributed by atoms with van der Waals surface area (Å²) < 4.78 is 5.25. The summed E-state index contributed by atoms with van der Waals surface area (Å²) in [6.45, 7) is 9.76. The van der Waals surface area contributed by atoms with Crippen molar-refractivity contribution < 1.29 is 9.53 Å². The minimum atomic E-state index is -0.00583. The SMILES string of the molecule is CCCCCC(=O)OCCCCCCCCCCCC(C)(C)C. The highest BCUT2D eigenvalue weighted by molar-refractivity contribution is 5.69. The molecular weight excluding hydrogens is 284 g/mol. The summed E-state index contributed by atoms with van der Waals surface area (Å²) in [5.41, 5.74) is 0.499. The van der Waals surface area contributed by atoms with Crippen molar-refractivity contribution in [1.29, 1.82) is 0 Å². The van der Waals surface area contributed by atoms with E-state index < -0.39 is 0 Å². The van der Waals surface area contributed by atoms with E-state index in [1.165, 1.54) is 57.8 Å². The van der Waals surface area contributed by atoms with Crippen molar-refractivity contribution in [1.82, 2.24) is 0 Å². The third-order valence-corrected chi connectivity index (χ3v) is 4.32. The zero-order valence-corrected chi connectivity index (χ0v) is 16.4. The van der Waals surface area contributed by atoms with Crippen LogP contribution in [-0.4, -0.2) is 12.6 Å². The number of carbonyl (C=O) groups excluding carboxylic acids is 1. The zero-order valence-electron chi connectivity index (χ0n) is 16.4. The van der Waals surface area contributed by atoms with Gasteiger partial charge in [-0.15, -0.1) is 0 Å². The van der Waals surface area contributed by atoms with Crippen molar-refractivity contribution in [3.8, 4) is 0 Å². The van der Waals surface area contributed by atoms with Crippen molar-refractivity contribution in [3.63, 3.8) is 0 Å². The molecule has 2 heteroatoms. The molecule has 0 amide bonds. The van der Waals surface area contributed by atoms with E-state index in [-0.39, 0.29) is 5.97 Å². The third-order valence-electron chi connectivity index (χ3n) is 4.32. The van der Waals surface area contributed by atoms with Crippen LogP contribution in [-0.2, 0) is 9.53 Å². The first-order valence-electron chi connectivity index (χ1n) is 10.1. The zero-order chi connectivity index (χ0) is 17.4. The van der Waals surface area contributed by atoms with Crippen molar-refractivity contribution in [2.24, 2.45) is 5.41 Å². The Labute approximate surface area is 145 Å². The Hall–Kier alpha value is -0.530. The minimum absolute atomic E-state index is 0.00583. The van der Waals surface area contributed by atoms with Gasteiger partial charge in [-0.3, -0.25) is 4.79 Å². The Morgan fingerprint density at radius 3 is 1.78 bits per heavy atom. The fraction of sp³-hybridized carbons (Fsp3) is 0.952. The lowest BCUT2D eigenvalue weighted by Gasteiger charge is -2.17. The van der Waals surface area contributed by atoms with Gasteiger partial charge in [0.15, 0.2) is 0 Å². The molecule has 0 saturated carbocycles. The Balaban J connectivity index is 3.15. The van der Waals surface area contributed by atoms with Crippen molar-refractivity contribution in [2.75, 3.05) is 6.61 Å². The van der Waals surface area contributed by atoms with Gasteiger partial charge in [0.1, 0.15) is 0 Å². The van der Waals surface area contributed by atoms with Gasteiger partial charge in [0.2, 0.25) is 0 Å². The summed E-state index contributed by atoms with van der Waals surface area (Å²) in [6.07, 6.45) is 17.0. The van der Waals surface area contributed by atoms with Gasteiger partial charge in [-0.25, -0.2) is 0 Å². The molecule has 0 heterocycles. The van der Waals surface area contributed by atoms with Gasteiger partial charge in [0.25, 0.3) is 0 Å². The molecule has 0 aliphatic rings. The summed E-state index contributed by atoms with van der Waals surface area (Å²) in [6, 6.07) is 0. The van der Waals surface area contributed by atoms with Gasteiger partial charge in [0.05, 0.1) is 6.61 Å². The highest BCUT2D eigenvalue weighted by Gasteiger charge is 2.08. The molecule has 0 N–H and O–H groups in total. The molecule has 0 bridgehead atoms. The first kappa shape index (κ1) is 22.5. The smallest absolute Gasteiger partial charge is 0.305 e. The predicted molar refractivity (Wildman–Crippen MR) is 101 cm³/mol. The Bertz CT molecular complexity index is 266. The molecule has 0 aliphatic heterocycles. The Morgan fingerprint density at radius 2 is 1.26 bits per heavy atom. The minimum Gasteiger partial charge on any atom is -0.466 e. The first-order valence-corrected chi connectivity index (χ1v) is 10.1. The number of hydrogen-bond acceptors (Lipinski definition) is 2. The van der Waals surface area contributed by atoms with Crippen molar-refractivity contribution >= 4 is 5.97 Å². The average Bonchev–Trinajstić information content (AvgIpc) is 2.47. The van der Waals surface area contributed by atoms with E-state index in [0.717, 1.165) is 25.7 Å². The molecule has 0 atom stereocenters. The third kappa shape index (κ3) is 19.4. The van der Waals surface area contributed by atoms with Crippen molar-refractivity contribution in [2.45, 2.75) is 118 Å². The van der Waals surface area contributed by atoms with Gasteiger partial charge in [-0.2, -0.15) is 0 Å². The summed E-state index contributed by atoms with van der Waals surface area (Å²) in [5.74, 6) is -0.00583. The standard InChI is InChI=1S/C21H42O2/c1-5-6-14-17-20(22)23-19-16-13-11-9-7-8-10-12-15-18-21(2,3)4/h5-19H2,1-4H3. The first-order chi connectivity index (χ1) is 11.0. The fourth-order valence-electron chi connectivity index (χ4n) is 2.77. The monoisotopic (exact) mass is 326 g/mol. The number of esters is 1. The molecule has 138 valence electrons. The molecule has 0 unspecified atom stereocenters. The lowest BCUT2D eigenvalue weighted by molar-refractivity contribution is -0.143. The van der Waals surface area contributed by atoms with E-state index >= 15 is 0 Å². The molecule has 2 nitrogen and oxygen atoms in total. The fourth-order valence-corrected chi connectivity index (χ4v) is 2.77. The van der Waals surface area contributed by atoms with E-state index in [1.807, 2.05) is 0 Å². The van der Waals surface area contributed by atoms with E-state index in [0.29, 0.717) is 18.4 Å². The summed E-state index contributed by atoms with van der Waals surface area (Å²) in [5, 5.41) is 0. The van der Waals surface area contributed by atoms with Crippen LogP contribution in [0.5, 0.6) is 0 Å². The second kappa shape index (κ2) is 15.0. The van der Waals surface area contributed by atoms with Crippen LogP contribution in [0.4, 0.5) is 0 Å². The molecule has 0 aliphatic carbocycles. The molecule has 0 saturated heterocycles. The maximum absolute atomic E-state index is 11.4. The van der Waals surface area contributed by atoms with Crippen molar-refractivity contribution in [3.05, 3.63) is 0 Å². The predicted octanol–water partition coefficient (Wildman–Crippen LogP) is 7.06. The number of rotatable bonds is 15. The van der Waals surface area contributed by atoms with Crippen LogP contribution >= 0.6 is 0 Å². The molecule has 0 rings (SSSR count). The average molecular weight is 327 g/mol. The van der Waals surface area contributed by atoms with Crippen LogP contribution in [0.2, 0.25) is 0 Å². The van der Waals surface area contributed by atoms with Crippen LogP contribution < -0.4 is 0 Å². The number of carbonyl (C=O) groups is 1. The lowest BCUT2D eigenvalue weighted by Crippen LogP contribution is -2.05. The lowest BCUT2D eigenvalue weighted by atomic mass is 9.89. The summed E-state index contributed by atoms with van der Waals surface area (Å²) in [4.78, 5) is 11.4. The molecule has 0 aromatic heterocycles. The molecule has 0 aromatic rings. The quantitative estimate of drug-likeness (QED) is 0.238. The number of unbranched alkanes of at least 4 members (excludes halogenated alkanes) is 10. The largest absolute Gasteiger partial charge is 0.466 e. The van der Waals surface area contributed by atoms with Gasteiger partial charge < -0.3 is 4.74 Å². The highest BCUT2D eigenvalue weighted by Crippen LogP contribution is 2.22. The second-order valence-corrected chi connectivity index (χ2v) is 8.17. The van der Waals surface area contributed by atoms with Crippen LogP contribution in [0.25, 0.3) is 0 Å². The number of hydrogen-bond donors (Lipinski definition) is 0. The Morgan fingerprint density at radius 1 is 0.739 bits per heavy atom. The van der Waals surface area contributed by atoms with Gasteiger partial charge >= 0.3 is 5.97 Å². The molecule has 0 radical (unpaired) electrons. The van der Waals surface area contributed by atoms with E-state index in [1.54, 1.807) is 0 Å². The van der Waals surface area contributed by atoms with E-state index in [4.69, 9.17) is 4.74 Å². The molecule has 23 heavy (non-hydrogen) atoms. The van der Waals surface area contributed by atoms with Crippen LogP contribution in [0.1, 0.15) is 118 Å². The summed E-state index contributed by atoms with van der Waals surface area (Å²) in [7, 11) is 0. The van der Waals surface area contributed by atoms with E-state index in [2.05, 4.69) is 27.7 Å². The molecule has 0 spiro atoms. The summed E-state index contributed by atoms with van der Waals surface area (Å²) >= 11 is 0. The van der Waals surface area contributed by atoms with Crippen LogP contribution in [0.15, 0.2) is 0 Å². The van der Waals surface area contributed by atoms with Crippen LogP contribution in [0, 0.1) is 5.41 Å². The van der Waals surface area contributed by atoms with Gasteiger partial charge in [-0.05, 0) is 24.7 Å². The van der Waals surface area contributed by atoms with Gasteiger partial charge in [-0.1, -0.05) is 91.9 Å². The molecule has 0 aromatic carbocycles.